The van der Waals surface area contributed by atoms with Gasteiger partial charge in [0, 0.05) is 39.1 Å². The van der Waals surface area contributed by atoms with Gasteiger partial charge in [0.1, 0.15) is 0 Å². The Hall–Kier alpha value is -4.24. The Kier molecular flexibility index (Phi) is 7.94. The third kappa shape index (κ3) is 5.28. The minimum Gasteiger partial charge on any atom is -0.355 e. The molecule has 2 nitrogen and oxygen atoms in total. The summed E-state index contributed by atoms with van der Waals surface area (Å²) in [7, 11) is 2.60. The van der Waals surface area contributed by atoms with Crippen molar-refractivity contribution >= 4 is 41.0 Å². The maximum atomic E-state index is 4.02. The SMILES string of the molecule is CC(C)(C)c1ccc(Nc2cc(C(C)(C)C)ccc2-c2c3c(cc4c2C(C)(C)c2ccccc2-4)N2c4c(cc(C(C)(C)C)cc4C4(C)CCCCC24C)[B]3)cc1. The van der Waals surface area contributed by atoms with E-state index in [1.54, 1.807) is 5.56 Å². The van der Waals surface area contributed by atoms with Crippen LogP contribution in [0.25, 0.3) is 22.3 Å². The highest BCUT2D eigenvalue weighted by Crippen LogP contribution is 2.63. The van der Waals surface area contributed by atoms with Crippen molar-refractivity contribution in [3.8, 4) is 22.3 Å². The molecule has 287 valence electrons. The summed E-state index contributed by atoms with van der Waals surface area (Å²) in [4.78, 5) is 2.86. The number of nitrogens with one attached hydrogen (secondary N) is 1. The van der Waals surface area contributed by atoms with Gasteiger partial charge < -0.3 is 10.2 Å². The van der Waals surface area contributed by atoms with Gasteiger partial charge in [-0.15, -0.1) is 0 Å². The van der Waals surface area contributed by atoms with E-state index >= 15 is 0 Å². The number of fused-ring (bicyclic) bond motifs is 8. The fourth-order valence-corrected chi connectivity index (χ4v) is 11.0. The zero-order valence-corrected chi connectivity index (χ0v) is 36.4. The van der Waals surface area contributed by atoms with Gasteiger partial charge in [0.2, 0.25) is 0 Å². The smallest absolute Gasteiger partial charge is 0.197 e. The van der Waals surface area contributed by atoms with Gasteiger partial charge in [-0.2, -0.15) is 0 Å². The van der Waals surface area contributed by atoms with Gasteiger partial charge >= 0.3 is 0 Å². The van der Waals surface area contributed by atoms with Crippen molar-refractivity contribution in [2.75, 3.05) is 10.2 Å². The van der Waals surface area contributed by atoms with E-state index in [4.69, 9.17) is 0 Å². The van der Waals surface area contributed by atoms with Gasteiger partial charge in [-0.3, -0.25) is 0 Å². The van der Waals surface area contributed by atoms with Gasteiger partial charge in [-0.05, 0) is 110 Å². The van der Waals surface area contributed by atoms with E-state index in [1.165, 1.54) is 104 Å². The average Bonchev–Trinajstić information content (AvgIpc) is 3.48. The molecule has 9 rings (SSSR count). The molecule has 0 amide bonds. The molecule has 5 aromatic carbocycles. The van der Waals surface area contributed by atoms with Crippen molar-refractivity contribution in [2.24, 2.45) is 0 Å². The second kappa shape index (κ2) is 11.9. The molecule has 0 spiro atoms. The molecule has 0 bridgehead atoms. The zero-order valence-electron chi connectivity index (χ0n) is 36.4. The Morgan fingerprint density at radius 3 is 1.93 bits per heavy atom. The first-order valence-corrected chi connectivity index (χ1v) is 21.3. The van der Waals surface area contributed by atoms with E-state index in [-0.39, 0.29) is 32.6 Å². The second-order valence-corrected chi connectivity index (χ2v) is 21.7. The van der Waals surface area contributed by atoms with E-state index in [0.29, 0.717) is 0 Å². The van der Waals surface area contributed by atoms with Crippen molar-refractivity contribution < 1.29 is 0 Å². The largest absolute Gasteiger partial charge is 0.355 e. The maximum absolute atomic E-state index is 4.02. The Bertz CT molecular complexity index is 2430. The molecule has 1 N–H and O–H groups in total. The molecule has 2 aliphatic carbocycles. The number of anilines is 4. The fraction of sp³-hybridized carbons (Fsp3) is 0.434. The molecule has 1 fully saturated rings. The number of hydrogen-bond donors (Lipinski definition) is 1. The standard InChI is InChI=1S/C53H62BN2/c1-48(2,3)32-20-23-35(24-21-32)55-42-30-33(49(4,5)6)22-25-37(42)44-45-38(36-18-14-15-19-39(36)51(45,10)11)31-43-46(44)54-41-29-34(50(7,8)9)28-40-47(41)56(43)53(13)27-17-16-26-52(40,53)12/h14-15,18-25,28-31,55H,16-17,26-27H2,1-13H3. The Balaban J connectivity index is 1.37. The lowest BCUT2D eigenvalue weighted by atomic mass is 9.56. The van der Waals surface area contributed by atoms with Crippen LogP contribution in [-0.4, -0.2) is 12.8 Å². The first-order valence-electron chi connectivity index (χ1n) is 21.3. The van der Waals surface area contributed by atoms with Crippen molar-refractivity contribution in [1.82, 2.24) is 0 Å². The lowest BCUT2D eigenvalue weighted by Gasteiger charge is -2.51. The average molecular weight is 738 g/mol. The highest BCUT2D eigenvalue weighted by atomic mass is 15.3. The van der Waals surface area contributed by atoms with Crippen LogP contribution in [-0.2, 0) is 27.1 Å². The minimum absolute atomic E-state index is 0.000966. The summed E-state index contributed by atoms with van der Waals surface area (Å²) in [5, 5.41) is 4.02. The zero-order chi connectivity index (χ0) is 40.0. The molecule has 1 saturated carbocycles. The minimum atomic E-state index is -0.189. The van der Waals surface area contributed by atoms with Crippen molar-refractivity contribution in [1.29, 1.82) is 0 Å². The molecule has 0 aromatic heterocycles. The van der Waals surface area contributed by atoms with E-state index in [0.717, 1.165) is 5.69 Å². The summed E-state index contributed by atoms with van der Waals surface area (Å²) >= 11 is 0. The quantitative estimate of drug-likeness (QED) is 0.186. The first-order chi connectivity index (χ1) is 26.1. The molecule has 2 unspecified atom stereocenters. The van der Waals surface area contributed by atoms with Crippen molar-refractivity contribution in [3.63, 3.8) is 0 Å². The normalized spacial score (nSPS) is 21.8. The third-order valence-electron chi connectivity index (χ3n) is 14.7. The summed E-state index contributed by atoms with van der Waals surface area (Å²) in [6.07, 6.45) is 4.96. The second-order valence-electron chi connectivity index (χ2n) is 21.7. The van der Waals surface area contributed by atoms with Crippen LogP contribution in [0, 0.1) is 0 Å². The molecule has 1 radical (unpaired) electrons. The molecule has 4 aliphatic rings. The topological polar surface area (TPSA) is 15.3 Å². The number of hydrogen-bond acceptors (Lipinski definition) is 2. The molecular weight excluding hydrogens is 675 g/mol. The van der Waals surface area contributed by atoms with Crippen LogP contribution in [0.15, 0.2) is 84.9 Å². The van der Waals surface area contributed by atoms with E-state index in [2.05, 4.69) is 192 Å². The lowest BCUT2D eigenvalue weighted by molar-refractivity contribution is 0.195. The van der Waals surface area contributed by atoms with Gasteiger partial charge in [-0.25, -0.2) is 0 Å². The predicted molar refractivity (Wildman–Crippen MR) is 243 cm³/mol. The van der Waals surface area contributed by atoms with Crippen LogP contribution in [0.2, 0.25) is 0 Å². The monoisotopic (exact) mass is 738 g/mol. The van der Waals surface area contributed by atoms with Crippen LogP contribution in [0.1, 0.15) is 149 Å². The number of nitrogens with zero attached hydrogens (tertiary/aromatic N) is 1. The van der Waals surface area contributed by atoms with Gasteiger partial charge in [-0.1, -0.05) is 168 Å². The van der Waals surface area contributed by atoms with Crippen LogP contribution in [0.3, 0.4) is 0 Å². The van der Waals surface area contributed by atoms with Gasteiger partial charge in [0.05, 0.1) is 5.54 Å². The molecule has 2 aliphatic heterocycles. The van der Waals surface area contributed by atoms with Crippen molar-refractivity contribution in [3.05, 3.63) is 118 Å². The third-order valence-corrected chi connectivity index (χ3v) is 14.7. The summed E-state index contributed by atoms with van der Waals surface area (Å²) in [6.45, 7) is 31.1. The number of benzene rings is 5. The Labute approximate surface area is 338 Å². The van der Waals surface area contributed by atoms with Crippen LogP contribution < -0.4 is 21.1 Å². The summed E-state index contributed by atoms with van der Waals surface area (Å²) in [5.74, 6) is 0. The van der Waals surface area contributed by atoms with Gasteiger partial charge in [0.15, 0.2) is 7.28 Å². The fourth-order valence-electron chi connectivity index (χ4n) is 11.0. The van der Waals surface area contributed by atoms with E-state index < -0.39 is 0 Å². The summed E-state index contributed by atoms with van der Waals surface area (Å²) in [6, 6.07) is 33.4. The Morgan fingerprint density at radius 1 is 0.607 bits per heavy atom. The maximum Gasteiger partial charge on any atom is 0.197 e. The highest BCUT2D eigenvalue weighted by Gasteiger charge is 2.60. The molecule has 2 heterocycles. The van der Waals surface area contributed by atoms with E-state index in [9.17, 15) is 0 Å². The molecule has 2 atom stereocenters. The van der Waals surface area contributed by atoms with Crippen molar-refractivity contribution in [2.45, 2.75) is 148 Å². The van der Waals surface area contributed by atoms with Crippen LogP contribution >= 0.6 is 0 Å². The van der Waals surface area contributed by atoms with Crippen LogP contribution in [0.5, 0.6) is 0 Å². The molecule has 56 heavy (non-hydrogen) atoms. The van der Waals surface area contributed by atoms with E-state index in [1.807, 2.05) is 0 Å². The predicted octanol–water partition coefficient (Wildman–Crippen LogP) is 13.0. The summed E-state index contributed by atoms with van der Waals surface area (Å²) < 4.78 is 0. The molecular formula is C53H62BN2. The Morgan fingerprint density at radius 2 is 1.25 bits per heavy atom. The lowest BCUT2D eigenvalue weighted by Crippen LogP contribution is -2.57. The first kappa shape index (κ1) is 37.3. The van der Waals surface area contributed by atoms with Gasteiger partial charge in [0.25, 0.3) is 0 Å². The molecule has 3 heteroatoms. The molecule has 0 saturated heterocycles. The summed E-state index contributed by atoms with van der Waals surface area (Å²) in [5.41, 5.74) is 21.8. The van der Waals surface area contributed by atoms with Crippen LogP contribution in [0.4, 0.5) is 22.7 Å². The number of rotatable bonds is 3. The highest BCUT2D eigenvalue weighted by molar-refractivity contribution is 6.73. The molecule has 5 aromatic rings.